The lowest BCUT2D eigenvalue weighted by molar-refractivity contribution is -0.0628. The van der Waals surface area contributed by atoms with Gasteiger partial charge in [0.25, 0.3) is 0 Å². The van der Waals surface area contributed by atoms with Crippen molar-refractivity contribution in [2.45, 2.75) is 24.9 Å². The van der Waals surface area contributed by atoms with E-state index in [4.69, 9.17) is 21.1 Å². The van der Waals surface area contributed by atoms with Crippen molar-refractivity contribution < 1.29 is 9.94 Å². The molecule has 118 valence electrons. The van der Waals surface area contributed by atoms with Crippen molar-refractivity contribution >= 4 is 11.5 Å². The van der Waals surface area contributed by atoms with E-state index in [-0.39, 0.29) is 18.0 Å². The van der Waals surface area contributed by atoms with Gasteiger partial charge >= 0.3 is 0 Å². The van der Waals surface area contributed by atoms with Gasteiger partial charge in [-0.1, -0.05) is 29.4 Å². The van der Waals surface area contributed by atoms with E-state index in [1.54, 1.807) is 0 Å². The third-order valence-electron chi connectivity index (χ3n) is 4.55. The van der Waals surface area contributed by atoms with Gasteiger partial charge in [0.05, 0.1) is 12.3 Å². The number of nitrogens with zero attached hydrogens (tertiary/aromatic N) is 2. The SMILES string of the molecule is N=C(N)c1ccc(C2=NOC3(CCN(CCO)CC3)C2)cc1. The van der Waals surface area contributed by atoms with Crippen LogP contribution in [-0.2, 0) is 4.84 Å². The van der Waals surface area contributed by atoms with Gasteiger partial charge in [-0.15, -0.1) is 0 Å². The number of oxime groups is 1. The molecule has 0 aromatic heterocycles. The molecule has 2 aliphatic heterocycles. The molecule has 1 spiro atoms. The minimum Gasteiger partial charge on any atom is -0.395 e. The molecule has 2 heterocycles. The van der Waals surface area contributed by atoms with Crippen LogP contribution in [0.4, 0.5) is 0 Å². The van der Waals surface area contributed by atoms with E-state index in [9.17, 15) is 0 Å². The minimum atomic E-state index is -0.180. The zero-order chi connectivity index (χ0) is 15.6. The zero-order valence-electron chi connectivity index (χ0n) is 12.6. The number of β-amino-alcohol motifs (C(OH)–C–C–N with tert-alkyl or cyclic N) is 1. The van der Waals surface area contributed by atoms with Crippen molar-refractivity contribution in [2.75, 3.05) is 26.2 Å². The molecule has 1 fully saturated rings. The third-order valence-corrected chi connectivity index (χ3v) is 4.55. The van der Waals surface area contributed by atoms with E-state index in [1.165, 1.54) is 0 Å². The summed E-state index contributed by atoms with van der Waals surface area (Å²) in [4.78, 5) is 8.04. The van der Waals surface area contributed by atoms with Gasteiger partial charge in [0.15, 0.2) is 0 Å². The molecule has 2 aliphatic rings. The average Bonchev–Trinajstić information content (AvgIpc) is 2.94. The number of likely N-dealkylation sites (tertiary alicyclic amines) is 1. The van der Waals surface area contributed by atoms with Crippen LogP contribution in [0.1, 0.15) is 30.4 Å². The standard InChI is InChI=1S/C16H22N4O2/c17-15(18)13-3-1-12(2-4-13)14-11-16(22-19-14)5-7-20(8-6-16)9-10-21/h1-4,21H,5-11H2,(H3,17,18). The topological polar surface area (TPSA) is 94.9 Å². The summed E-state index contributed by atoms with van der Waals surface area (Å²) >= 11 is 0. The first-order valence-electron chi connectivity index (χ1n) is 7.65. The number of nitrogens with two attached hydrogens (primary N) is 1. The molecule has 0 saturated carbocycles. The Labute approximate surface area is 130 Å². The lowest BCUT2D eigenvalue weighted by Crippen LogP contribution is -2.45. The molecular formula is C16H22N4O2. The maximum atomic E-state index is 9.01. The molecular weight excluding hydrogens is 280 g/mol. The zero-order valence-corrected chi connectivity index (χ0v) is 12.6. The predicted molar refractivity (Wildman–Crippen MR) is 85.2 cm³/mol. The van der Waals surface area contributed by atoms with Crippen LogP contribution >= 0.6 is 0 Å². The van der Waals surface area contributed by atoms with Crippen LogP contribution in [0.15, 0.2) is 29.4 Å². The maximum absolute atomic E-state index is 9.01. The van der Waals surface area contributed by atoms with E-state index >= 15 is 0 Å². The van der Waals surface area contributed by atoms with Crippen LogP contribution in [0.25, 0.3) is 0 Å². The fourth-order valence-corrected chi connectivity index (χ4v) is 3.11. The smallest absolute Gasteiger partial charge is 0.145 e. The average molecular weight is 302 g/mol. The van der Waals surface area contributed by atoms with Crippen molar-refractivity contribution in [3.63, 3.8) is 0 Å². The highest BCUT2D eigenvalue weighted by Crippen LogP contribution is 2.36. The Morgan fingerprint density at radius 1 is 1.32 bits per heavy atom. The Morgan fingerprint density at radius 2 is 2.00 bits per heavy atom. The van der Waals surface area contributed by atoms with Crippen molar-refractivity contribution in [3.8, 4) is 0 Å². The Hall–Kier alpha value is -1.92. The third kappa shape index (κ3) is 2.98. The number of hydrogen-bond acceptors (Lipinski definition) is 5. The molecule has 0 amide bonds. The summed E-state index contributed by atoms with van der Waals surface area (Å²) in [6, 6.07) is 7.57. The molecule has 0 bridgehead atoms. The number of aliphatic hydroxyl groups excluding tert-OH is 1. The molecule has 6 heteroatoms. The highest BCUT2D eigenvalue weighted by molar-refractivity contribution is 6.03. The summed E-state index contributed by atoms with van der Waals surface area (Å²) in [6.07, 6.45) is 2.69. The molecule has 0 unspecified atom stereocenters. The second kappa shape index (κ2) is 6.06. The Balaban J connectivity index is 1.63. The number of amidine groups is 1. The number of nitrogens with one attached hydrogen (secondary N) is 1. The molecule has 22 heavy (non-hydrogen) atoms. The summed E-state index contributed by atoms with van der Waals surface area (Å²) in [5, 5.41) is 20.7. The summed E-state index contributed by atoms with van der Waals surface area (Å²) in [5.74, 6) is 0.0730. The molecule has 0 radical (unpaired) electrons. The lowest BCUT2D eigenvalue weighted by atomic mass is 9.85. The molecule has 4 N–H and O–H groups in total. The predicted octanol–water partition coefficient (Wildman–Crippen LogP) is 0.922. The molecule has 0 atom stereocenters. The quantitative estimate of drug-likeness (QED) is 0.569. The highest BCUT2D eigenvalue weighted by atomic mass is 16.7. The van der Waals surface area contributed by atoms with E-state index in [0.29, 0.717) is 0 Å². The van der Waals surface area contributed by atoms with Gasteiger partial charge in [-0.05, 0) is 5.56 Å². The van der Waals surface area contributed by atoms with Crippen molar-refractivity contribution in [2.24, 2.45) is 10.9 Å². The number of nitrogen functional groups attached to an aromatic ring is 1. The molecule has 6 nitrogen and oxygen atoms in total. The van der Waals surface area contributed by atoms with Crippen LogP contribution in [0.2, 0.25) is 0 Å². The molecule has 1 saturated heterocycles. The summed E-state index contributed by atoms with van der Waals surface area (Å²) in [6.45, 7) is 2.81. The second-order valence-corrected chi connectivity index (χ2v) is 6.05. The maximum Gasteiger partial charge on any atom is 0.145 e. The van der Waals surface area contributed by atoms with E-state index in [2.05, 4.69) is 10.1 Å². The van der Waals surface area contributed by atoms with Crippen LogP contribution in [0.5, 0.6) is 0 Å². The Morgan fingerprint density at radius 3 is 2.59 bits per heavy atom. The van der Waals surface area contributed by atoms with E-state index in [1.807, 2.05) is 24.3 Å². The fraction of sp³-hybridized carbons (Fsp3) is 0.500. The monoisotopic (exact) mass is 302 g/mol. The molecule has 3 rings (SSSR count). The second-order valence-electron chi connectivity index (χ2n) is 6.05. The van der Waals surface area contributed by atoms with Gasteiger partial charge in [-0.3, -0.25) is 5.41 Å². The van der Waals surface area contributed by atoms with Gasteiger partial charge in [-0.25, -0.2) is 0 Å². The van der Waals surface area contributed by atoms with Crippen LogP contribution < -0.4 is 5.73 Å². The Kier molecular flexibility index (Phi) is 4.13. The number of hydrogen-bond donors (Lipinski definition) is 3. The van der Waals surface area contributed by atoms with Crippen molar-refractivity contribution in [3.05, 3.63) is 35.4 Å². The molecule has 1 aromatic rings. The number of aliphatic hydroxyl groups is 1. The van der Waals surface area contributed by atoms with Crippen LogP contribution in [0, 0.1) is 5.41 Å². The Bertz CT molecular complexity index is 574. The number of benzene rings is 1. The van der Waals surface area contributed by atoms with Gasteiger partial charge in [0.2, 0.25) is 0 Å². The summed E-state index contributed by atoms with van der Waals surface area (Å²) in [5.41, 5.74) is 8.00. The molecule has 0 aliphatic carbocycles. The van der Waals surface area contributed by atoms with Crippen LogP contribution in [-0.4, -0.2) is 53.4 Å². The number of piperidine rings is 1. The van der Waals surface area contributed by atoms with E-state index < -0.39 is 0 Å². The van der Waals surface area contributed by atoms with E-state index in [0.717, 1.165) is 55.7 Å². The van der Waals surface area contributed by atoms with Crippen LogP contribution in [0.3, 0.4) is 0 Å². The fourth-order valence-electron chi connectivity index (χ4n) is 3.11. The molecule has 1 aromatic carbocycles. The largest absolute Gasteiger partial charge is 0.395 e. The number of rotatable bonds is 4. The van der Waals surface area contributed by atoms with Gasteiger partial charge in [0, 0.05) is 44.5 Å². The highest BCUT2D eigenvalue weighted by Gasteiger charge is 2.42. The van der Waals surface area contributed by atoms with Crippen molar-refractivity contribution in [1.82, 2.24) is 4.90 Å². The summed E-state index contributed by atoms with van der Waals surface area (Å²) in [7, 11) is 0. The van der Waals surface area contributed by atoms with Crippen molar-refractivity contribution in [1.29, 1.82) is 5.41 Å². The first-order valence-corrected chi connectivity index (χ1v) is 7.65. The normalized spacial score (nSPS) is 20.7. The lowest BCUT2D eigenvalue weighted by Gasteiger charge is -2.36. The first-order chi connectivity index (χ1) is 10.6. The minimum absolute atomic E-state index is 0.0730. The van der Waals surface area contributed by atoms with Gasteiger partial charge in [0.1, 0.15) is 11.4 Å². The van der Waals surface area contributed by atoms with Gasteiger partial charge < -0.3 is 20.6 Å². The first kappa shape index (κ1) is 15.0. The van der Waals surface area contributed by atoms with Gasteiger partial charge in [-0.2, -0.15) is 0 Å². The summed E-state index contributed by atoms with van der Waals surface area (Å²) < 4.78 is 0.